The molecule has 0 unspecified atom stereocenters. The van der Waals surface area contributed by atoms with Crippen molar-refractivity contribution < 1.29 is 14.3 Å². The van der Waals surface area contributed by atoms with Crippen LogP contribution in [0, 0.1) is 0 Å². The van der Waals surface area contributed by atoms with Crippen molar-refractivity contribution in [2.45, 2.75) is 13.3 Å². The summed E-state index contributed by atoms with van der Waals surface area (Å²) in [7, 11) is 0. The van der Waals surface area contributed by atoms with Crippen LogP contribution in [-0.2, 0) is 11.2 Å². The van der Waals surface area contributed by atoms with Gasteiger partial charge in [0, 0.05) is 0 Å². The van der Waals surface area contributed by atoms with Crippen molar-refractivity contribution in [3.8, 4) is 11.5 Å². The van der Waals surface area contributed by atoms with Crippen LogP contribution in [0.4, 0.5) is 0 Å². The monoisotopic (exact) mass is 238 g/mol. The molecule has 5 heteroatoms. The van der Waals surface area contributed by atoms with E-state index >= 15 is 0 Å². The molecule has 0 spiro atoms. The maximum absolute atomic E-state index is 10.7. The van der Waals surface area contributed by atoms with Crippen molar-refractivity contribution in [1.29, 1.82) is 0 Å². The summed E-state index contributed by atoms with van der Waals surface area (Å²) in [6.07, 6.45) is 0.662. The lowest BCUT2D eigenvalue weighted by Crippen LogP contribution is -2.21. The molecule has 0 aliphatic carbocycles. The van der Waals surface area contributed by atoms with Gasteiger partial charge in [0.2, 0.25) is 0 Å². The molecule has 0 radical (unpaired) electrons. The molecule has 17 heavy (non-hydrogen) atoms. The van der Waals surface area contributed by atoms with Gasteiger partial charge in [-0.05, 0) is 31.5 Å². The zero-order valence-electron chi connectivity index (χ0n) is 9.94. The van der Waals surface area contributed by atoms with Gasteiger partial charge >= 0.3 is 0 Å². The van der Waals surface area contributed by atoms with Gasteiger partial charge in [-0.15, -0.1) is 0 Å². The number of hydrogen-bond donors (Lipinski definition) is 2. The van der Waals surface area contributed by atoms with Crippen molar-refractivity contribution in [1.82, 2.24) is 0 Å². The minimum Gasteiger partial charge on any atom is -0.490 e. The molecule has 0 aromatic heterocycles. The highest BCUT2D eigenvalue weighted by atomic mass is 16.5. The minimum atomic E-state index is -0.519. The van der Waals surface area contributed by atoms with Gasteiger partial charge in [-0.25, -0.2) is 0 Å². The first-order valence-electron chi connectivity index (χ1n) is 5.54. The Morgan fingerprint density at radius 1 is 1.35 bits per heavy atom. The van der Waals surface area contributed by atoms with Crippen LogP contribution in [0.3, 0.4) is 0 Å². The molecule has 0 aliphatic rings. The Morgan fingerprint density at radius 3 is 2.71 bits per heavy atom. The number of primary amides is 1. The molecule has 1 rings (SSSR count). The molecule has 5 nitrogen and oxygen atoms in total. The first kappa shape index (κ1) is 13.3. The molecule has 4 N–H and O–H groups in total. The zero-order valence-corrected chi connectivity index (χ0v) is 9.94. The average Bonchev–Trinajstić information content (AvgIpc) is 2.29. The van der Waals surface area contributed by atoms with E-state index < -0.39 is 5.91 Å². The number of rotatable bonds is 7. The highest BCUT2D eigenvalue weighted by Gasteiger charge is 2.11. The van der Waals surface area contributed by atoms with Crippen molar-refractivity contribution >= 4 is 5.91 Å². The van der Waals surface area contributed by atoms with E-state index in [2.05, 4.69) is 0 Å². The molecule has 0 heterocycles. The van der Waals surface area contributed by atoms with E-state index in [0.717, 1.165) is 5.56 Å². The highest BCUT2D eigenvalue weighted by Crippen LogP contribution is 2.31. The molecule has 1 amide bonds. The van der Waals surface area contributed by atoms with Crippen LogP contribution >= 0.6 is 0 Å². The summed E-state index contributed by atoms with van der Waals surface area (Å²) in [5, 5.41) is 0. The van der Waals surface area contributed by atoms with Crippen LogP contribution in [0.15, 0.2) is 18.2 Å². The van der Waals surface area contributed by atoms with Crippen molar-refractivity contribution in [3.63, 3.8) is 0 Å². The molecular formula is C12H18N2O3. The number of amides is 1. The number of benzene rings is 1. The highest BCUT2D eigenvalue weighted by molar-refractivity contribution is 5.75. The van der Waals surface area contributed by atoms with Crippen molar-refractivity contribution in [3.05, 3.63) is 23.8 Å². The standard InChI is InChI=1S/C12H18N2O3/c1-2-16-10-5-3-4-9(6-7-13)12(10)17-8-11(14)15/h3-5H,2,6-8,13H2,1H3,(H2,14,15). The summed E-state index contributed by atoms with van der Waals surface area (Å²) in [5.41, 5.74) is 11.5. The Bertz CT molecular complexity index is 356. The van der Waals surface area contributed by atoms with Gasteiger partial charge in [-0.3, -0.25) is 4.79 Å². The Morgan fingerprint density at radius 2 is 2.12 bits per heavy atom. The largest absolute Gasteiger partial charge is 0.490 e. The molecule has 0 atom stereocenters. The third kappa shape index (κ3) is 3.96. The number of carbonyl (C=O) groups is 1. The van der Waals surface area contributed by atoms with Gasteiger partial charge in [0.25, 0.3) is 5.91 Å². The van der Waals surface area contributed by atoms with E-state index in [1.165, 1.54) is 0 Å². The topological polar surface area (TPSA) is 87.6 Å². The van der Waals surface area contributed by atoms with E-state index in [0.29, 0.717) is 31.1 Å². The minimum absolute atomic E-state index is 0.165. The lowest BCUT2D eigenvalue weighted by atomic mass is 10.1. The smallest absolute Gasteiger partial charge is 0.255 e. The number of hydrogen-bond acceptors (Lipinski definition) is 4. The molecule has 0 fully saturated rings. The van der Waals surface area contributed by atoms with Gasteiger partial charge < -0.3 is 20.9 Å². The molecular weight excluding hydrogens is 220 g/mol. The zero-order chi connectivity index (χ0) is 12.7. The second-order valence-electron chi connectivity index (χ2n) is 3.47. The predicted octanol–water partition coefficient (Wildman–Crippen LogP) is 0.451. The normalized spacial score (nSPS) is 10.0. The second-order valence-corrected chi connectivity index (χ2v) is 3.47. The first-order valence-corrected chi connectivity index (χ1v) is 5.54. The van der Waals surface area contributed by atoms with Crippen LogP contribution in [0.2, 0.25) is 0 Å². The summed E-state index contributed by atoms with van der Waals surface area (Å²) in [5.74, 6) is 0.647. The lowest BCUT2D eigenvalue weighted by Gasteiger charge is -2.14. The molecule has 0 saturated heterocycles. The van der Waals surface area contributed by atoms with Gasteiger partial charge in [0.05, 0.1) is 6.61 Å². The fourth-order valence-corrected chi connectivity index (χ4v) is 1.49. The lowest BCUT2D eigenvalue weighted by molar-refractivity contribution is -0.119. The summed E-state index contributed by atoms with van der Waals surface area (Å²) < 4.78 is 10.8. The number of para-hydroxylation sites is 1. The Balaban J connectivity index is 2.95. The molecule has 0 aliphatic heterocycles. The van der Waals surface area contributed by atoms with Gasteiger partial charge in [0.15, 0.2) is 18.1 Å². The second kappa shape index (κ2) is 6.75. The predicted molar refractivity (Wildman–Crippen MR) is 65.1 cm³/mol. The van der Waals surface area contributed by atoms with E-state index in [-0.39, 0.29) is 6.61 Å². The molecule has 0 saturated carbocycles. The Hall–Kier alpha value is -1.75. The average molecular weight is 238 g/mol. The van der Waals surface area contributed by atoms with E-state index in [9.17, 15) is 4.79 Å². The summed E-state index contributed by atoms with van der Waals surface area (Å²) in [6, 6.07) is 5.55. The molecule has 1 aromatic carbocycles. The summed E-state index contributed by atoms with van der Waals surface area (Å²) in [6.45, 7) is 2.75. The molecule has 0 bridgehead atoms. The van der Waals surface area contributed by atoms with Gasteiger partial charge in [-0.1, -0.05) is 12.1 Å². The third-order valence-electron chi connectivity index (χ3n) is 2.13. The van der Waals surface area contributed by atoms with Crippen LogP contribution in [0.1, 0.15) is 12.5 Å². The van der Waals surface area contributed by atoms with Crippen LogP contribution in [-0.4, -0.2) is 25.7 Å². The quantitative estimate of drug-likeness (QED) is 0.722. The maximum Gasteiger partial charge on any atom is 0.255 e. The Kier molecular flexibility index (Phi) is 5.29. The van der Waals surface area contributed by atoms with Crippen LogP contribution in [0.5, 0.6) is 11.5 Å². The summed E-state index contributed by atoms with van der Waals surface area (Å²) in [4.78, 5) is 10.7. The summed E-state index contributed by atoms with van der Waals surface area (Å²) >= 11 is 0. The Labute approximate surface area is 101 Å². The third-order valence-corrected chi connectivity index (χ3v) is 2.13. The maximum atomic E-state index is 10.7. The molecule has 94 valence electrons. The van der Waals surface area contributed by atoms with E-state index in [1.54, 1.807) is 6.07 Å². The van der Waals surface area contributed by atoms with E-state index in [1.807, 2.05) is 19.1 Å². The van der Waals surface area contributed by atoms with Crippen LogP contribution in [0.25, 0.3) is 0 Å². The molecule has 1 aromatic rings. The van der Waals surface area contributed by atoms with Crippen molar-refractivity contribution in [2.24, 2.45) is 11.5 Å². The van der Waals surface area contributed by atoms with Crippen LogP contribution < -0.4 is 20.9 Å². The number of nitrogens with two attached hydrogens (primary N) is 2. The fraction of sp³-hybridized carbons (Fsp3) is 0.417. The number of ether oxygens (including phenoxy) is 2. The number of carbonyl (C=O) groups excluding carboxylic acids is 1. The van der Waals surface area contributed by atoms with E-state index in [4.69, 9.17) is 20.9 Å². The first-order chi connectivity index (χ1) is 8.19. The fourth-order valence-electron chi connectivity index (χ4n) is 1.49. The van der Waals surface area contributed by atoms with Gasteiger partial charge in [-0.2, -0.15) is 0 Å². The van der Waals surface area contributed by atoms with Gasteiger partial charge in [0.1, 0.15) is 0 Å². The van der Waals surface area contributed by atoms with Crippen molar-refractivity contribution in [2.75, 3.05) is 19.8 Å². The SMILES string of the molecule is CCOc1cccc(CCN)c1OCC(N)=O.